The first-order valence-electron chi connectivity index (χ1n) is 2.72. The number of epoxide rings is 1. The molecule has 1 saturated heterocycles. The van der Waals surface area contributed by atoms with Crippen LogP contribution in [0.2, 0.25) is 0 Å². The van der Waals surface area contributed by atoms with Crippen LogP contribution in [-0.4, -0.2) is 35.0 Å². The molecule has 0 aliphatic carbocycles. The fourth-order valence-corrected chi connectivity index (χ4v) is 0.554. The normalized spacial score (nSPS) is 27.4. The Hall–Kier alpha value is -0.610. The van der Waals surface area contributed by atoms with E-state index in [1.807, 2.05) is 0 Å². The molecule has 2 atom stereocenters. The Morgan fingerprint density at radius 1 is 1.89 bits per heavy atom. The lowest BCUT2D eigenvalue weighted by atomic mass is 10.2. The second-order valence-corrected chi connectivity index (χ2v) is 2.05. The Labute approximate surface area is 52.1 Å². The van der Waals surface area contributed by atoms with Crippen LogP contribution >= 0.6 is 0 Å². The molecule has 4 heteroatoms. The molecule has 1 fully saturated rings. The molecule has 1 heterocycles. The third-order valence-electron chi connectivity index (χ3n) is 1.17. The molecule has 4 nitrogen and oxygen atoms in total. The molecule has 9 heavy (non-hydrogen) atoms. The topological polar surface area (TPSA) is 70.1 Å². The summed E-state index contributed by atoms with van der Waals surface area (Å²) in [4.78, 5) is 9.96. The van der Waals surface area contributed by atoms with Gasteiger partial charge >= 0.3 is 5.97 Å². The summed E-state index contributed by atoms with van der Waals surface area (Å²) < 4.78 is 4.71. The molecule has 1 aliphatic rings. The highest BCUT2D eigenvalue weighted by molar-refractivity contribution is 5.71. The van der Waals surface area contributed by atoms with E-state index in [4.69, 9.17) is 14.9 Å². The van der Waals surface area contributed by atoms with Crippen LogP contribution in [0.15, 0.2) is 0 Å². The van der Waals surface area contributed by atoms with E-state index < -0.39 is 12.1 Å². The van der Waals surface area contributed by atoms with Gasteiger partial charge in [0.25, 0.3) is 0 Å². The second kappa shape index (κ2) is 2.33. The zero-order chi connectivity index (χ0) is 6.85. The smallest absolute Gasteiger partial charge is 0.332 e. The van der Waals surface area contributed by atoms with Crippen LogP contribution in [-0.2, 0) is 9.53 Å². The van der Waals surface area contributed by atoms with Gasteiger partial charge in [-0.2, -0.15) is 0 Å². The minimum Gasteiger partial charge on any atom is -0.479 e. The molecule has 0 bridgehead atoms. The van der Waals surface area contributed by atoms with Crippen LogP contribution in [0.5, 0.6) is 0 Å². The minimum atomic E-state index is -1.25. The maximum atomic E-state index is 9.96. The minimum absolute atomic E-state index is 0.0175. The van der Waals surface area contributed by atoms with Crippen molar-refractivity contribution in [2.45, 2.75) is 18.6 Å². The fourth-order valence-electron chi connectivity index (χ4n) is 0.554. The predicted octanol–water partition coefficient (Wildman–Crippen LogP) is -0.779. The quantitative estimate of drug-likeness (QED) is 0.494. The van der Waals surface area contributed by atoms with E-state index in [1.54, 1.807) is 0 Å². The SMILES string of the molecule is O=C(O)C(O)CC1CO1. The van der Waals surface area contributed by atoms with Gasteiger partial charge in [0, 0.05) is 6.42 Å². The number of aliphatic carboxylic acids is 1. The summed E-state index contributed by atoms with van der Waals surface area (Å²) in [5.74, 6) is -1.18. The number of carboxylic acids is 1. The maximum Gasteiger partial charge on any atom is 0.332 e. The highest BCUT2D eigenvalue weighted by atomic mass is 16.6. The highest BCUT2D eigenvalue weighted by Gasteiger charge is 2.28. The Bertz CT molecular complexity index is 118. The van der Waals surface area contributed by atoms with Crippen LogP contribution in [0.25, 0.3) is 0 Å². The molecule has 52 valence electrons. The van der Waals surface area contributed by atoms with E-state index in [9.17, 15) is 4.79 Å². The van der Waals surface area contributed by atoms with Crippen molar-refractivity contribution in [3.8, 4) is 0 Å². The van der Waals surface area contributed by atoms with Crippen molar-refractivity contribution in [1.29, 1.82) is 0 Å². The zero-order valence-corrected chi connectivity index (χ0v) is 4.78. The molecule has 0 aromatic carbocycles. The Morgan fingerprint density at radius 3 is 2.78 bits per heavy atom. The van der Waals surface area contributed by atoms with Crippen LogP contribution < -0.4 is 0 Å². The molecule has 2 N–H and O–H groups in total. The van der Waals surface area contributed by atoms with Crippen LogP contribution in [0, 0.1) is 0 Å². The predicted molar refractivity (Wildman–Crippen MR) is 28.0 cm³/mol. The molecule has 1 aliphatic heterocycles. The third-order valence-corrected chi connectivity index (χ3v) is 1.17. The van der Waals surface area contributed by atoms with Crippen LogP contribution in [0.3, 0.4) is 0 Å². The molecule has 0 spiro atoms. The number of hydrogen-bond acceptors (Lipinski definition) is 3. The first kappa shape index (κ1) is 6.51. The Morgan fingerprint density at radius 2 is 2.44 bits per heavy atom. The van der Waals surface area contributed by atoms with E-state index >= 15 is 0 Å². The van der Waals surface area contributed by atoms with E-state index in [1.165, 1.54) is 0 Å². The molecule has 0 aromatic rings. The average molecular weight is 132 g/mol. The van der Waals surface area contributed by atoms with Gasteiger partial charge in [-0.25, -0.2) is 4.79 Å². The molecule has 0 radical (unpaired) electrons. The maximum absolute atomic E-state index is 9.96. The van der Waals surface area contributed by atoms with Crippen molar-refractivity contribution < 1.29 is 19.7 Å². The summed E-state index contributed by atoms with van der Waals surface area (Å²) in [5.41, 5.74) is 0. The summed E-state index contributed by atoms with van der Waals surface area (Å²) in [7, 11) is 0. The molecule has 0 amide bonds. The summed E-state index contributed by atoms with van der Waals surface area (Å²) in [6, 6.07) is 0. The largest absolute Gasteiger partial charge is 0.479 e. The fraction of sp³-hybridized carbons (Fsp3) is 0.800. The number of rotatable bonds is 3. The van der Waals surface area contributed by atoms with Crippen LogP contribution in [0.4, 0.5) is 0 Å². The molecule has 1 rings (SSSR count). The van der Waals surface area contributed by atoms with Gasteiger partial charge in [-0.05, 0) is 0 Å². The van der Waals surface area contributed by atoms with E-state index in [-0.39, 0.29) is 12.5 Å². The molecule has 0 saturated carbocycles. The highest BCUT2D eigenvalue weighted by Crippen LogP contribution is 2.15. The monoisotopic (exact) mass is 132 g/mol. The van der Waals surface area contributed by atoms with Gasteiger partial charge in [0.05, 0.1) is 12.7 Å². The number of hydrogen-bond donors (Lipinski definition) is 2. The van der Waals surface area contributed by atoms with E-state index in [0.717, 1.165) is 0 Å². The number of carbonyl (C=O) groups is 1. The first-order valence-corrected chi connectivity index (χ1v) is 2.72. The Kier molecular flexibility index (Phi) is 1.68. The van der Waals surface area contributed by atoms with Crippen molar-refractivity contribution in [1.82, 2.24) is 0 Å². The number of aliphatic hydroxyl groups excluding tert-OH is 1. The number of aliphatic hydroxyl groups is 1. The number of ether oxygens (including phenoxy) is 1. The second-order valence-electron chi connectivity index (χ2n) is 2.05. The van der Waals surface area contributed by atoms with Gasteiger partial charge in [0.1, 0.15) is 0 Å². The van der Waals surface area contributed by atoms with Gasteiger partial charge in [0.15, 0.2) is 6.10 Å². The average Bonchev–Trinajstić information content (AvgIpc) is 2.50. The summed E-state index contributed by atoms with van der Waals surface area (Å²) in [6.45, 7) is 0.588. The Balaban J connectivity index is 2.16. The first-order chi connectivity index (χ1) is 4.20. The lowest BCUT2D eigenvalue weighted by molar-refractivity contribution is -0.147. The summed E-state index contributed by atoms with van der Waals surface area (Å²) in [5, 5.41) is 16.8. The van der Waals surface area contributed by atoms with E-state index in [2.05, 4.69) is 0 Å². The van der Waals surface area contributed by atoms with Crippen molar-refractivity contribution in [3.63, 3.8) is 0 Å². The molecule has 2 unspecified atom stereocenters. The van der Waals surface area contributed by atoms with E-state index in [0.29, 0.717) is 6.61 Å². The standard InChI is InChI=1S/C5H8O4/c6-4(5(7)8)1-3-2-9-3/h3-4,6H,1-2H2,(H,7,8). The van der Waals surface area contributed by atoms with Crippen molar-refractivity contribution in [2.75, 3.05) is 6.61 Å². The summed E-state index contributed by atoms with van der Waals surface area (Å²) >= 11 is 0. The van der Waals surface area contributed by atoms with Crippen LogP contribution in [0.1, 0.15) is 6.42 Å². The van der Waals surface area contributed by atoms with Crippen molar-refractivity contribution in [2.24, 2.45) is 0 Å². The van der Waals surface area contributed by atoms with Crippen molar-refractivity contribution in [3.05, 3.63) is 0 Å². The third kappa shape index (κ3) is 1.99. The lowest BCUT2D eigenvalue weighted by Gasteiger charge is -1.99. The van der Waals surface area contributed by atoms with Gasteiger partial charge in [-0.15, -0.1) is 0 Å². The molecular formula is C5H8O4. The zero-order valence-electron chi connectivity index (χ0n) is 4.78. The molecule has 0 aromatic heterocycles. The lowest BCUT2D eigenvalue weighted by Crippen LogP contribution is -2.21. The molecular weight excluding hydrogens is 124 g/mol. The van der Waals surface area contributed by atoms with Crippen molar-refractivity contribution >= 4 is 5.97 Å². The van der Waals surface area contributed by atoms with Gasteiger partial charge in [-0.3, -0.25) is 0 Å². The van der Waals surface area contributed by atoms with Gasteiger partial charge < -0.3 is 14.9 Å². The summed E-state index contributed by atoms with van der Waals surface area (Å²) in [6.07, 6.45) is -1.05. The van der Waals surface area contributed by atoms with Gasteiger partial charge in [-0.1, -0.05) is 0 Å². The number of carboxylic acid groups (broad SMARTS) is 1. The van der Waals surface area contributed by atoms with Gasteiger partial charge in [0.2, 0.25) is 0 Å².